The second kappa shape index (κ2) is 4.64. The lowest BCUT2D eigenvalue weighted by atomic mass is 10.3. The Morgan fingerprint density at radius 1 is 1.44 bits per heavy atom. The first kappa shape index (κ1) is 12.7. The fraction of sp³-hybridized carbons (Fsp3) is 0. The number of thiol groups is 1. The third kappa shape index (κ3) is 3.33. The third-order valence-corrected chi connectivity index (χ3v) is 2.71. The number of carboxylic acids is 1. The fourth-order valence-corrected chi connectivity index (χ4v) is 1.76. The van der Waals surface area contributed by atoms with Gasteiger partial charge in [0.05, 0.1) is 5.69 Å². The van der Waals surface area contributed by atoms with Gasteiger partial charge in [0, 0.05) is 4.90 Å². The zero-order valence-electron chi connectivity index (χ0n) is 7.73. The lowest BCUT2D eigenvalue weighted by Gasteiger charge is -2.02. The first-order valence-electron chi connectivity index (χ1n) is 3.88. The number of nitrogens with zero attached hydrogens (tertiary/aromatic N) is 1. The first-order valence-corrected chi connectivity index (χ1v) is 5.77. The maximum atomic E-state index is 10.9. The topological polar surface area (TPSA) is 104 Å². The summed E-state index contributed by atoms with van der Waals surface area (Å²) in [4.78, 5) is 13.6. The number of benzene rings is 1. The predicted octanol–water partition coefficient (Wildman–Crippen LogP) is 1.01. The molecule has 0 bridgehead atoms. The summed E-state index contributed by atoms with van der Waals surface area (Å²) in [5, 5.41) is 8.36. The van der Waals surface area contributed by atoms with Crippen LogP contribution >= 0.6 is 12.6 Å². The van der Waals surface area contributed by atoms with E-state index in [1.165, 1.54) is 12.1 Å². The highest BCUT2D eigenvalue weighted by atomic mass is 32.2. The maximum Gasteiger partial charge on any atom is 0.346 e. The minimum Gasteiger partial charge on any atom is -0.477 e. The Morgan fingerprint density at radius 3 is 2.56 bits per heavy atom. The van der Waals surface area contributed by atoms with Crippen molar-refractivity contribution >= 4 is 40.6 Å². The molecular weight excluding hydrogens is 254 g/mol. The van der Waals surface area contributed by atoms with Gasteiger partial charge in [0.1, 0.15) is 11.1 Å². The molecule has 16 heavy (non-hydrogen) atoms. The normalized spacial score (nSPS) is 11.9. The van der Waals surface area contributed by atoms with E-state index in [1.54, 1.807) is 0 Å². The zero-order chi connectivity index (χ0) is 12.3. The van der Waals surface area contributed by atoms with Crippen LogP contribution in [-0.2, 0) is 14.9 Å². The first-order chi connectivity index (χ1) is 7.30. The Bertz CT molecular complexity index is 550. The van der Waals surface area contributed by atoms with Crippen molar-refractivity contribution in [2.45, 2.75) is 9.79 Å². The van der Waals surface area contributed by atoms with E-state index in [-0.39, 0.29) is 5.69 Å². The second-order valence-corrected chi connectivity index (χ2v) is 4.63. The SMILES string of the molecule is O=C(O)C=Nc1cc(S)ccc1S(=O)(=O)O. The van der Waals surface area contributed by atoms with Gasteiger partial charge in [-0.2, -0.15) is 8.42 Å². The van der Waals surface area contributed by atoms with Crippen molar-refractivity contribution in [1.29, 1.82) is 0 Å². The molecule has 86 valence electrons. The Kier molecular flexibility index (Phi) is 3.68. The Labute approximate surface area is 96.8 Å². The van der Waals surface area contributed by atoms with Gasteiger partial charge >= 0.3 is 5.97 Å². The van der Waals surface area contributed by atoms with Crippen molar-refractivity contribution < 1.29 is 22.9 Å². The highest BCUT2D eigenvalue weighted by Gasteiger charge is 2.14. The van der Waals surface area contributed by atoms with Crippen LogP contribution in [0.15, 0.2) is 33.0 Å². The molecule has 0 aliphatic carbocycles. The maximum absolute atomic E-state index is 10.9. The van der Waals surface area contributed by atoms with Gasteiger partial charge in [-0.3, -0.25) is 4.55 Å². The van der Waals surface area contributed by atoms with Crippen molar-refractivity contribution in [3.05, 3.63) is 18.2 Å². The van der Waals surface area contributed by atoms with E-state index in [0.717, 1.165) is 6.07 Å². The molecule has 2 N–H and O–H groups in total. The van der Waals surface area contributed by atoms with Crippen molar-refractivity contribution in [2.75, 3.05) is 0 Å². The molecule has 8 heteroatoms. The summed E-state index contributed by atoms with van der Waals surface area (Å²) in [6.45, 7) is 0. The average Bonchev–Trinajstić information content (AvgIpc) is 2.12. The Hall–Kier alpha value is -1.38. The van der Waals surface area contributed by atoms with Crippen molar-refractivity contribution in [3.8, 4) is 0 Å². The summed E-state index contributed by atoms with van der Waals surface area (Å²) in [7, 11) is -4.44. The number of rotatable bonds is 3. The molecule has 0 unspecified atom stereocenters. The lowest BCUT2D eigenvalue weighted by molar-refractivity contribution is -0.128. The van der Waals surface area contributed by atoms with Crippen LogP contribution in [0.3, 0.4) is 0 Å². The van der Waals surface area contributed by atoms with Gasteiger partial charge in [0.2, 0.25) is 0 Å². The van der Waals surface area contributed by atoms with E-state index in [2.05, 4.69) is 17.6 Å². The van der Waals surface area contributed by atoms with Gasteiger partial charge in [0.15, 0.2) is 0 Å². The summed E-state index contributed by atoms with van der Waals surface area (Å²) in [6, 6.07) is 3.66. The van der Waals surface area contributed by atoms with Gasteiger partial charge in [-0.15, -0.1) is 12.6 Å². The highest BCUT2D eigenvalue weighted by molar-refractivity contribution is 7.86. The molecule has 0 aromatic heterocycles. The summed E-state index contributed by atoms with van der Waals surface area (Å²) in [6.07, 6.45) is 0.525. The number of hydrogen-bond donors (Lipinski definition) is 3. The van der Waals surface area contributed by atoms with Gasteiger partial charge in [-0.25, -0.2) is 9.79 Å². The summed E-state index contributed by atoms with van der Waals surface area (Å²) in [5.74, 6) is -1.33. The standard InChI is InChI=1S/C8H7NO5S2/c10-8(11)4-9-6-3-5(15)1-2-7(6)16(12,13)14/h1-4,15H,(H,10,11)(H,12,13,14). The molecule has 0 radical (unpaired) electrons. The number of carboxylic acid groups (broad SMARTS) is 1. The molecular formula is C8H7NO5S2. The molecule has 0 amide bonds. The average molecular weight is 261 g/mol. The molecule has 0 saturated heterocycles. The Morgan fingerprint density at radius 2 is 2.06 bits per heavy atom. The van der Waals surface area contributed by atoms with E-state index in [4.69, 9.17) is 9.66 Å². The lowest BCUT2D eigenvalue weighted by Crippen LogP contribution is -1.99. The van der Waals surface area contributed by atoms with Crippen LogP contribution in [0.25, 0.3) is 0 Å². The largest absolute Gasteiger partial charge is 0.477 e. The van der Waals surface area contributed by atoms with Crippen molar-refractivity contribution in [1.82, 2.24) is 0 Å². The molecule has 0 aliphatic rings. The molecule has 6 nitrogen and oxygen atoms in total. The van der Waals surface area contributed by atoms with Crippen LogP contribution in [-0.4, -0.2) is 30.3 Å². The molecule has 0 spiro atoms. The van der Waals surface area contributed by atoms with E-state index in [9.17, 15) is 13.2 Å². The van der Waals surface area contributed by atoms with Crippen molar-refractivity contribution in [2.24, 2.45) is 4.99 Å². The number of aliphatic imine (C=N–C) groups is 1. The number of aliphatic carboxylic acids is 1. The molecule has 0 fully saturated rings. The molecule has 0 saturated carbocycles. The van der Waals surface area contributed by atoms with E-state index in [1.807, 2.05) is 0 Å². The highest BCUT2D eigenvalue weighted by Crippen LogP contribution is 2.26. The molecule has 0 aliphatic heterocycles. The van der Waals surface area contributed by atoms with Gasteiger partial charge in [-0.1, -0.05) is 0 Å². The third-order valence-electron chi connectivity index (χ3n) is 1.53. The van der Waals surface area contributed by atoms with Crippen molar-refractivity contribution in [3.63, 3.8) is 0 Å². The summed E-state index contributed by atoms with van der Waals surface area (Å²) in [5.41, 5.74) is -0.183. The van der Waals surface area contributed by atoms with Crippen LogP contribution in [0.4, 0.5) is 5.69 Å². The fourth-order valence-electron chi connectivity index (χ4n) is 0.950. The van der Waals surface area contributed by atoms with E-state index >= 15 is 0 Å². The predicted molar refractivity (Wildman–Crippen MR) is 59.3 cm³/mol. The quantitative estimate of drug-likeness (QED) is 0.428. The molecule has 1 aromatic rings. The monoisotopic (exact) mass is 261 g/mol. The summed E-state index contributed by atoms with van der Waals surface area (Å²) < 4.78 is 30.7. The van der Waals surface area contributed by atoms with Crippen LogP contribution in [0.5, 0.6) is 0 Å². The van der Waals surface area contributed by atoms with Gasteiger partial charge < -0.3 is 5.11 Å². The van der Waals surface area contributed by atoms with Crippen LogP contribution in [0.2, 0.25) is 0 Å². The summed E-state index contributed by atoms with van der Waals surface area (Å²) >= 11 is 3.94. The molecule has 1 rings (SSSR count). The van der Waals surface area contributed by atoms with Gasteiger partial charge in [-0.05, 0) is 18.2 Å². The Balaban J connectivity index is 3.35. The smallest absolute Gasteiger partial charge is 0.346 e. The van der Waals surface area contributed by atoms with Crippen LogP contribution in [0, 0.1) is 0 Å². The van der Waals surface area contributed by atoms with Gasteiger partial charge in [0.25, 0.3) is 10.1 Å². The molecule has 0 heterocycles. The minimum absolute atomic E-state index is 0.183. The zero-order valence-corrected chi connectivity index (χ0v) is 9.44. The number of hydrogen-bond acceptors (Lipinski definition) is 5. The van der Waals surface area contributed by atoms with Crippen LogP contribution < -0.4 is 0 Å². The molecule has 1 aromatic carbocycles. The number of carbonyl (C=O) groups is 1. The van der Waals surface area contributed by atoms with E-state index in [0.29, 0.717) is 11.1 Å². The molecule has 0 atom stereocenters. The minimum atomic E-state index is -4.44. The van der Waals surface area contributed by atoms with Crippen LogP contribution in [0.1, 0.15) is 0 Å². The second-order valence-electron chi connectivity index (χ2n) is 2.72. The van der Waals surface area contributed by atoms with E-state index < -0.39 is 21.0 Å².